The van der Waals surface area contributed by atoms with Crippen LogP contribution in [0.1, 0.15) is 12.8 Å². The van der Waals surface area contributed by atoms with Crippen molar-refractivity contribution in [3.63, 3.8) is 0 Å². The smallest absolute Gasteiger partial charge is 0.234 e. The topological polar surface area (TPSA) is 62.3 Å². The summed E-state index contributed by atoms with van der Waals surface area (Å²) in [4.78, 5) is 29.9. The Kier molecular flexibility index (Phi) is 3.44. The lowest BCUT2D eigenvalue weighted by Gasteiger charge is -2.17. The van der Waals surface area contributed by atoms with Crippen LogP contribution >= 0.6 is 11.6 Å². The Balaban J connectivity index is 1.69. The zero-order valence-corrected chi connectivity index (χ0v) is 11.5. The van der Waals surface area contributed by atoms with Crippen molar-refractivity contribution in [1.82, 2.24) is 9.88 Å². The molecule has 2 aliphatic rings. The standard InChI is InChI=1S/C14H14ClN3O2/c15-9-4-5-10-11(7-9)14(20)18(13(10)19)8-17-12-3-1-2-6-16-12/h1-4,6,10-11H,5,7-8H2,(H,16,17)/t10-,11+/m0/s1. The Hall–Kier alpha value is -1.88. The van der Waals surface area contributed by atoms with E-state index in [9.17, 15) is 9.59 Å². The molecule has 104 valence electrons. The molecule has 5 nitrogen and oxygen atoms in total. The van der Waals surface area contributed by atoms with Gasteiger partial charge in [-0.25, -0.2) is 4.98 Å². The minimum atomic E-state index is -0.300. The summed E-state index contributed by atoms with van der Waals surface area (Å²) in [5, 5.41) is 3.66. The Bertz CT molecular complexity index is 573. The lowest BCUT2D eigenvalue weighted by atomic mass is 9.85. The van der Waals surface area contributed by atoms with E-state index in [1.807, 2.05) is 12.1 Å². The van der Waals surface area contributed by atoms with E-state index in [0.717, 1.165) is 0 Å². The molecule has 20 heavy (non-hydrogen) atoms. The van der Waals surface area contributed by atoms with Gasteiger partial charge in [-0.15, -0.1) is 0 Å². The Morgan fingerprint density at radius 3 is 2.85 bits per heavy atom. The minimum Gasteiger partial charge on any atom is -0.352 e. The van der Waals surface area contributed by atoms with Gasteiger partial charge in [0.15, 0.2) is 0 Å². The number of aromatic nitrogens is 1. The van der Waals surface area contributed by atoms with Gasteiger partial charge in [0.05, 0.1) is 18.5 Å². The van der Waals surface area contributed by atoms with Crippen LogP contribution in [0.3, 0.4) is 0 Å². The van der Waals surface area contributed by atoms with Crippen LogP contribution in [0, 0.1) is 11.8 Å². The summed E-state index contributed by atoms with van der Waals surface area (Å²) < 4.78 is 0. The molecule has 2 atom stereocenters. The molecule has 1 aromatic heterocycles. The van der Waals surface area contributed by atoms with Gasteiger partial charge in [0, 0.05) is 11.2 Å². The maximum absolute atomic E-state index is 12.3. The van der Waals surface area contributed by atoms with Crippen LogP contribution in [-0.2, 0) is 9.59 Å². The molecule has 0 aromatic carbocycles. The number of hydrogen-bond acceptors (Lipinski definition) is 4. The van der Waals surface area contributed by atoms with Crippen molar-refractivity contribution in [3.05, 3.63) is 35.5 Å². The quantitative estimate of drug-likeness (QED) is 0.865. The third kappa shape index (κ3) is 2.29. The average molecular weight is 292 g/mol. The van der Waals surface area contributed by atoms with E-state index in [1.54, 1.807) is 18.3 Å². The first kappa shape index (κ1) is 13.1. The average Bonchev–Trinajstić information content (AvgIpc) is 2.70. The summed E-state index contributed by atoms with van der Waals surface area (Å²) >= 11 is 5.97. The van der Waals surface area contributed by atoms with E-state index in [1.165, 1.54) is 4.90 Å². The molecule has 1 aliphatic heterocycles. The number of likely N-dealkylation sites (tertiary alicyclic amines) is 1. The fourth-order valence-corrected chi connectivity index (χ4v) is 2.93. The van der Waals surface area contributed by atoms with Crippen molar-refractivity contribution in [1.29, 1.82) is 0 Å². The van der Waals surface area contributed by atoms with Crippen LogP contribution in [-0.4, -0.2) is 28.4 Å². The number of allylic oxidation sites excluding steroid dienone is 2. The molecule has 0 unspecified atom stereocenters. The molecule has 1 aromatic rings. The molecule has 6 heteroatoms. The number of carbonyl (C=O) groups is 2. The molecule has 1 saturated heterocycles. The number of imide groups is 1. The molecule has 0 radical (unpaired) electrons. The Labute approximate surface area is 121 Å². The molecule has 1 N–H and O–H groups in total. The second-order valence-corrected chi connectivity index (χ2v) is 5.44. The molecule has 0 saturated carbocycles. The number of nitrogens with zero attached hydrogens (tertiary/aromatic N) is 2. The van der Waals surface area contributed by atoms with Gasteiger partial charge in [-0.1, -0.05) is 23.7 Å². The molecule has 2 amide bonds. The fourth-order valence-electron chi connectivity index (χ4n) is 2.68. The van der Waals surface area contributed by atoms with Crippen LogP contribution in [0.15, 0.2) is 35.5 Å². The van der Waals surface area contributed by atoms with Gasteiger partial charge >= 0.3 is 0 Å². The highest BCUT2D eigenvalue weighted by Gasteiger charge is 2.48. The number of halogens is 1. The molecule has 2 heterocycles. The van der Waals surface area contributed by atoms with E-state index in [2.05, 4.69) is 10.3 Å². The predicted octanol–water partition coefficient (Wildman–Crippen LogP) is 1.97. The van der Waals surface area contributed by atoms with E-state index in [4.69, 9.17) is 11.6 Å². The van der Waals surface area contributed by atoms with Crippen LogP contribution in [0.2, 0.25) is 0 Å². The lowest BCUT2D eigenvalue weighted by Crippen LogP contribution is -2.35. The number of rotatable bonds is 3. The van der Waals surface area contributed by atoms with Crippen molar-refractivity contribution in [3.8, 4) is 0 Å². The minimum absolute atomic E-state index is 0.121. The second kappa shape index (κ2) is 5.25. The maximum atomic E-state index is 12.3. The molecule has 0 spiro atoms. The van der Waals surface area contributed by atoms with Gasteiger partial charge in [0.1, 0.15) is 5.82 Å². The molecule has 1 aliphatic carbocycles. The predicted molar refractivity (Wildman–Crippen MR) is 74.7 cm³/mol. The molecular formula is C14H14ClN3O2. The van der Waals surface area contributed by atoms with Crippen LogP contribution in [0.25, 0.3) is 0 Å². The van der Waals surface area contributed by atoms with E-state index in [-0.39, 0.29) is 30.3 Å². The first-order valence-corrected chi connectivity index (χ1v) is 6.89. The second-order valence-electron chi connectivity index (χ2n) is 4.96. The van der Waals surface area contributed by atoms with Gasteiger partial charge in [-0.3, -0.25) is 14.5 Å². The third-order valence-electron chi connectivity index (χ3n) is 3.74. The fraction of sp³-hybridized carbons (Fsp3) is 0.357. The number of amides is 2. The van der Waals surface area contributed by atoms with Crippen molar-refractivity contribution >= 4 is 29.2 Å². The summed E-state index contributed by atoms with van der Waals surface area (Å²) in [6.07, 6.45) is 4.51. The number of fused-ring (bicyclic) bond motifs is 1. The number of nitrogens with one attached hydrogen (secondary N) is 1. The van der Waals surface area contributed by atoms with Gasteiger partial charge < -0.3 is 5.32 Å². The number of hydrogen-bond donors (Lipinski definition) is 1. The Morgan fingerprint density at radius 1 is 1.30 bits per heavy atom. The van der Waals surface area contributed by atoms with Crippen LogP contribution < -0.4 is 5.32 Å². The summed E-state index contributed by atoms with van der Waals surface area (Å²) in [6.45, 7) is 0.152. The first-order valence-electron chi connectivity index (χ1n) is 6.51. The van der Waals surface area contributed by atoms with Gasteiger partial charge in [0.25, 0.3) is 0 Å². The third-order valence-corrected chi connectivity index (χ3v) is 4.05. The van der Waals surface area contributed by atoms with Crippen LogP contribution in [0.4, 0.5) is 5.82 Å². The van der Waals surface area contributed by atoms with E-state index < -0.39 is 0 Å². The normalized spacial score (nSPS) is 25.4. The van der Waals surface area contributed by atoms with Crippen molar-refractivity contribution < 1.29 is 9.59 Å². The SMILES string of the molecule is O=C1[C@H]2CC=C(Cl)C[C@H]2C(=O)N1CNc1ccccn1. The molecule has 0 bridgehead atoms. The number of pyridine rings is 1. The highest BCUT2D eigenvalue weighted by atomic mass is 35.5. The first-order chi connectivity index (χ1) is 9.66. The van der Waals surface area contributed by atoms with Crippen molar-refractivity contribution in [2.24, 2.45) is 11.8 Å². The molecular weight excluding hydrogens is 278 g/mol. The highest BCUT2D eigenvalue weighted by Crippen LogP contribution is 2.38. The number of anilines is 1. The van der Waals surface area contributed by atoms with Crippen LogP contribution in [0.5, 0.6) is 0 Å². The summed E-state index contributed by atoms with van der Waals surface area (Å²) in [5.74, 6) is -0.182. The highest BCUT2D eigenvalue weighted by molar-refractivity contribution is 6.30. The zero-order chi connectivity index (χ0) is 14.1. The van der Waals surface area contributed by atoms with Gasteiger partial charge in [-0.2, -0.15) is 0 Å². The lowest BCUT2D eigenvalue weighted by molar-refractivity contribution is -0.139. The monoisotopic (exact) mass is 291 g/mol. The van der Waals surface area contributed by atoms with E-state index >= 15 is 0 Å². The summed E-state index contributed by atoms with van der Waals surface area (Å²) in [7, 11) is 0. The molecule has 1 fully saturated rings. The number of carbonyl (C=O) groups excluding carboxylic acids is 2. The van der Waals surface area contributed by atoms with Crippen molar-refractivity contribution in [2.45, 2.75) is 12.8 Å². The van der Waals surface area contributed by atoms with Gasteiger partial charge in [-0.05, 0) is 25.0 Å². The summed E-state index contributed by atoms with van der Waals surface area (Å²) in [6, 6.07) is 5.43. The largest absolute Gasteiger partial charge is 0.352 e. The van der Waals surface area contributed by atoms with E-state index in [0.29, 0.717) is 23.7 Å². The molecule has 3 rings (SSSR count). The summed E-state index contributed by atoms with van der Waals surface area (Å²) in [5.41, 5.74) is 0. The van der Waals surface area contributed by atoms with Gasteiger partial charge in [0.2, 0.25) is 11.8 Å². The van der Waals surface area contributed by atoms with Crippen molar-refractivity contribution in [2.75, 3.05) is 12.0 Å². The maximum Gasteiger partial charge on any atom is 0.234 e. The Morgan fingerprint density at radius 2 is 2.10 bits per heavy atom. The zero-order valence-electron chi connectivity index (χ0n) is 10.8.